The van der Waals surface area contributed by atoms with E-state index in [4.69, 9.17) is 0 Å². The SMILES string of the molecule is CC(C(=O)N[C@H](CN1CCC(O)C1)c1ccc(F)cc1F)(c1ccc(F)cc1)c1ccc(F)cc1. The fourth-order valence-electron chi connectivity index (χ4n) is 4.54. The van der Waals surface area contributed by atoms with E-state index in [1.165, 1.54) is 54.6 Å². The van der Waals surface area contributed by atoms with Crippen molar-refractivity contribution >= 4 is 5.91 Å². The van der Waals surface area contributed by atoms with Crippen molar-refractivity contribution in [2.45, 2.75) is 30.9 Å². The molecule has 4 rings (SSSR count). The number of hydrogen-bond acceptors (Lipinski definition) is 3. The molecule has 2 N–H and O–H groups in total. The minimum atomic E-state index is -1.37. The van der Waals surface area contributed by atoms with Gasteiger partial charge in [-0.2, -0.15) is 0 Å². The Kier molecular flexibility index (Phi) is 7.23. The first-order valence-electron chi connectivity index (χ1n) is 11.3. The summed E-state index contributed by atoms with van der Waals surface area (Å²) in [5.74, 6) is -3.02. The highest BCUT2D eigenvalue weighted by molar-refractivity contribution is 5.92. The Balaban J connectivity index is 1.73. The van der Waals surface area contributed by atoms with Gasteiger partial charge in [-0.3, -0.25) is 9.69 Å². The lowest BCUT2D eigenvalue weighted by Gasteiger charge is -2.33. The molecule has 1 aliphatic rings. The molecule has 0 bridgehead atoms. The van der Waals surface area contributed by atoms with E-state index in [1.54, 1.807) is 6.92 Å². The van der Waals surface area contributed by atoms with E-state index in [-0.39, 0.29) is 12.1 Å². The smallest absolute Gasteiger partial charge is 0.235 e. The molecule has 0 saturated carbocycles. The lowest BCUT2D eigenvalue weighted by atomic mass is 9.75. The van der Waals surface area contributed by atoms with Crippen LogP contribution in [0.5, 0.6) is 0 Å². The number of hydrogen-bond donors (Lipinski definition) is 2. The molecule has 0 radical (unpaired) electrons. The summed E-state index contributed by atoms with van der Waals surface area (Å²) in [6.45, 7) is 2.74. The van der Waals surface area contributed by atoms with Gasteiger partial charge in [0.05, 0.1) is 17.6 Å². The summed E-state index contributed by atoms with van der Waals surface area (Å²) in [7, 11) is 0. The van der Waals surface area contributed by atoms with Crippen molar-refractivity contribution in [1.82, 2.24) is 10.2 Å². The Labute approximate surface area is 201 Å². The zero-order valence-corrected chi connectivity index (χ0v) is 19.1. The van der Waals surface area contributed by atoms with Crippen LogP contribution in [0.2, 0.25) is 0 Å². The predicted molar refractivity (Wildman–Crippen MR) is 124 cm³/mol. The van der Waals surface area contributed by atoms with Crippen LogP contribution in [0.4, 0.5) is 17.6 Å². The van der Waals surface area contributed by atoms with Gasteiger partial charge in [0.1, 0.15) is 23.3 Å². The molecule has 184 valence electrons. The highest BCUT2D eigenvalue weighted by Gasteiger charge is 2.39. The summed E-state index contributed by atoms with van der Waals surface area (Å²) in [5.41, 5.74) is -0.363. The molecule has 3 aromatic rings. The van der Waals surface area contributed by atoms with Gasteiger partial charge in [0.15, 0.2) is 0 Å². The first-order valence-corrected chi connectivity index (χ1v) is 11.3. The van der Waals surface area contributed by atoms with Crippen molar-refractivity contribution in [3.05, 3.63) is 107 Å². The molecule has 3 aromatic carbocycles. The predicted octanol–water partition coefficient (Wildman–Crippen LogP) is 4.47. The van der Waals surface area contributed by atoms with E-state index >= 15 is 0 Å². The number of carbonyl (C=O) groups is 1. The second-order valence-electron chi connectivity index (χ2n) is 9.03. The van der Waals surface area contributed by atoms with Crippen LogP contribution in [-0.2, 0) is 10.2 Å². The van der Waals surface area contributed by atoms with Gasteiger partial charge in [-0.15, -0.1) is 0 Å². The van der Waals surface area contributed by atoms with E-state index in [1.807, 2.05) is 4.90 Å². The zero-order valence-electron chi connectivity index (χ0n) is 19.1. The summed E-state index contributed by atoms with van der Waals surface area (Å²) in [5, 5.41) is 12.8. The Morgan fingerprint density at radius 1 is 0.971 bits per heavy atom. The third kappa shape index (κ3) is 5.39. The van der Waals surface area contributed by atoms with Crippen LogP contribution < -0.4 is 5.32 Å². The van der Waals surface area contributed by atoms with Crippen LogP contribution in [0.3, 0.4) is 0 Å². The molecule has 2 atom stereocenters. The number of benzene rings is 3. The first-order chi connectivity index (χ1) is 16.7. The Bertz CT molecular complexity index is 1140. The molecule has 0 spiro atoms. The lowest BCUT2D eigenvalue weighted by molar-refractivity contribution is -0.125. The van der Waals surface area contributed by atoms with E-state index in [9.17, 15) is 27.5 Å². The van der Waals surface area contributed by atoms with Crippen LogP contribution >= 0.6 is 0 Å². The number of aliphatic hydroxyl groups excluding tert-OH is 1. The Morgan fingerprint density at radius 3 is 2.00 bits per heavy atom. The molecular formula is C27H26F4N2O2. The Morgan fingerprint density at radius 2 is 1.51 bits per heavy atom. The maximum Gasteiger partial charge on any atom is 0.235 e. The van der Waals surface area contributed by atoms with Gasteiger partial charge in [-0.1, -0.05) is 30.3 Å². The minimum Gasteiger partial charge on any atom is -0.392 e. The molecule has 1 unspecified atom stereocenters. The zero-order chi connectivity index (χ0) is 25.2. The number of nitrogens with zero attached hydrogens (tertiary/aromatic N) is 1. The number of nitrogens with one attached hydrogen (secondary N) is 1. The maximum absolute atomic E-state index is 14.8. The molecule has 0 aliphatic carbocycles. The summed E-state index contributed by atoms with van der Waals surface area (Å²) < 4.78 is 55.7. The van der Waals surface area contributed by atoms with Crippen molar-refractivity contribution in [3.8, 4) is 0 Å². The summed E-state index contributed by atoms with van der Waals surface area (Å²) in [4.78, 5) is 15.8. The van der Waals surface area contributed by atoms with Crippen molar-refractivity contribution in [3.63, 3.8) is 0 Å². The molecule has 0 aromatic heterocycles. The minimum absolute atomic E-state index is 0.0988. The van der Waals surface area contributed by atoms with Crippen LogP contribution in [0.15, 0.2) is 66.7 Å². The van der Waals surface area contributed by atoms with E-state index in [0.717, 1.165) is 12.1 Å². The third-order valence-corrected chi connectivity index (χ3v) is 6.63. The van der Waals surface area contributed by atoms with Gasteiger partial charge in [0.2, 0.25) is 5.91 Å². The molecule has 8 heteroatoms. The number of β-amino-alcohol motifs (C(OH)–C–C–N with tert-alkyl or cyclic N) is 1. The average molecular weight is 487 g/mol. The normalized spacial score (nSPS) is 17.4. The van der Waals surface area contributed by atoms with E-state index in [0.29, 0.717) is 30.6 Å². The second-order valence-corrected chi connectivity index (χ2v) is 9.03. The molecule has 35 heavy (non-hydrogen) atoms. The number of halogens is 4. The van der Waals surface area contributed by atoms with Crippen molar-refractivity contribution in [2.24, 2.45) is 0 Å². The van der Waals surface area contributed by atoms with Gasteiger partial charge in [0.25, 0.3) is 0 Å². The first kappa shape index (κ1) is 24.9. The fraction of sp³-hybridized carbons (Fsp3) is 0.296. The molecule has 1 aliphatic heterocycles. The van der Waals surface area contributed by atoms with Crippen molar-refractivity contribution in [2.75, 3.05) is 19.6 Å². The highest BCUT2D eigenvalue weighted by Crippen LogP contribution is 2.34. The summed E-state index contributed by atoms with van der Waals surface area (Å²) >= 11 is 0. The van der Waals surface area contributed by atoms with Crippen LogP contribution in [0, 0.1) is 23.3 Å². The van der Waals surface area contributed by atoms with E-state index < -0.39 is 46.7 Å². The largest absolute Gasteiger partial charge is 0.392 e. The van der Waals surface area contributed by atoms with Crippen LogP contribution in [-0.4, -0.2) is 41.7 Å². The summed E-state index contributed by atoms with van der Waals surface area (Å²) in [6, 6.07) is 13.1. The number of carbonyl (C=O) groups excluding carboxylic acids is 1. The number of aliphatic hydroxyl groups is 1. The van der Waals surface area contributed by atoms with Gasteiger partial charge < -0.3 is 10.4 Å². The summed E-state index contributed by atoms with van der Waals surface area (Å²) in [6.07, 6.45) is 0.0308. The second kappa shape index (κ2) is 10.2. The van der Waals surface area contributed by atoms with Gasteiger partial charge in [0, 0.05) is 31.3 Å². The van der Waals surface area contributed by atoms with Gasteiger partial charge >= 0.3 is 0 Å². The molecule has 1 amide bonds. The molecule has 1 saturated heterocycles. The molecule has 1 fully saturated rings. The van der Waals surface area contributed by atoms with Gasteiger partial charge in [-0.05, 0) is 54.8 Å². The maximum atomic E-state index is 14.8. The average Bonchev–Trinajstić information content (AvgIpc) is 3.23. The standard InChI is InChI=1S/C27H26F4N2O2/c1-27(17-2-6-19(28)7-3-17,18-4-8-20(29)9-5-18)26(35)32-25(16-33-13-12-22(34)15-33)23-11-10-21(30)14-24(23)31/h2-11,14,22,25,34H,12-13,15-16H2,1H3,(H,32,35)/t22?,25-/m1/s1. The lowest BCUT2D eigenvalue weighted by Crippen LogP contribution is -2.47. The number of amides is 1. The van der Waals surface area contributed by atoms with Crippen molar-refractivity contribution < 1.29 is 27.5 Å². The number of rotatable bonds is 7. The van der Waals surface area contributed by atoms with Crippen LogP contribution in [0.25, 0.3) is 0 Å². The third-order valence-electron chi connectivity index (χ3n) is 6.63. The van der Waals surface area contributed by atoms with Crippen molar-refractivity contribution in [1.29, 1.82) is 0 Å². The molecule has 4 nitrogen and oxygen atoms in total. The van der Waals surface area contributed by atoms with Gasteiger partial charge in [-0.25, -0.2) is 17.6 Å². The number of likely N-dealkylation sites (tertiary alicyclic amines) is 1. The van der Waals surface area contributed by atoms with E-state index in [2.05, 4.69) is 5.32 Å². The topological polar surface area (TPSA) is 52.6 Å². The quantitative estimate of drug-likeness (QED) is 0.485. The van der Waals surface area contributed by atoms with Crippen LogP contribution in [0.1, 0.15) is 36.1 Å². The Hall–Kier alpha value is -3.23. The fourth-order valence-corrected chi connectivity index (χ4v) is 4.54. The molecular weight excluding hydrogens is 460 g/mol. The monoisotopic (exact) mass is 486 g/mol. The molecule has 1 heterocycles. The highest BCUT2D eigenvalue weighted by atomic mass is 19.1.